The zero-order valence-electron chi connectivity index (χ0n) is 17.3. The average molecular weight is 439 g/mol. The molecular formula is C23H32Cl2N2O2. The molecule has 0 spiro atoms. The van der Waals surface area contributed by atoms with Gasteiger partial charge in [0, 0.05) is 38.4 Å². The van der Waals surface area contributed by atoms with Gasteiger partial charge in [-0.25, -0.2) is 0 Å². The standard InChI is InChI=1S/C23H30N2O2.2ClH/c1-18-3-4-19-10-16-27-23(22(19)17-18)9-11-24-12-14-25(15-13-24)20-5-7-21(26-2)8-6-20;;/h3-8,17,23H,9-16H2,1-2H3;2*1H. The number of benzene rings is 2. The van der Waals surface area contributed by atoms with Gasteiger partial charge in [0.05, 0.1) is 19.8 Å². The lowest BCUT2D eigenvalue weighted by molar-refractivity contribution is 0.0289. The zero-order valence-corrected chi connectivity index (χ0v) is 18.9. The zero-order chi connectivity index (χ0) is 18.6. The third-order valence-corrected chi connectivity index (χ3v) is 5.86. The van der Waals surface area contributed by atoms with Crippen LogP contribution in [0.5, 0.6) is 5.75 Å². The Balaban J connectivity index is 0.00000150. The fraction of sp³-hybridized carbons (Fsp3) is 0.478. The molecule has 6 heteroatoms. The maximum Gasteiger partial charge on any atom is 0.119 e. The van der Waals surface area contributed by atoms with E-state index in [4.69, 9.17) is 9.47 Å². The molecule has 0 N–H and O–H groups in total. The van der Waals surface area contributed by atoms with Crippen molar-refractivity contribution in [1.29, 1.82) is 0 Å². The normalized spacial score (nSPS) is 19.0. The third-order valence-electron chi connectivity index (χ3n) is 5.86. The van der Waals surface area contributed by atoms with Crippen LogP contribution in [0.25, 0.3) is 0 Å². The van der Waals surface area contributed by atoms with Gasteiger partial charge in [0.15, 0.2) is 0 Å². The molecule has 2 aromatic rings. The van der Waals surface area contributed by atoms with Gasteiger partial charge in [0.25, 0.3) is 0 Å². The smallest absolute Gasteiger partial charge is 0.119 e. The van der Waals surface area contributed by atoms with Crippen molar-refractivity contribution in [2.24, 2.45) is 0 Å². The van der Waals surface area contributed by atoms with E-state index in [1.807, 2.05) is 12.1 Å². The van der Waals surface area contributed by atoms with Crippen molar-refractivity contribution in [3.63, 3.8) is 0 Å². The first-order valence-electron chi connectivity index (χ1n) is 10.1. The minimum atomic E-state index is 0. The molecule has 4 nitrogen and oxygen atoms in total. The van der Waals surface area contributed by atoms with E-state index in [1.165, 1.54) is 22.4 Å². The second-order valence-electron chi connectivity index (χ2n) is 7.63. The molecule has 0 amide bonds. The first kappa shape index (κ1) is 23.8. The predicted octanol–water partition coefficient (Wildman–Crippen LogP) is 4.67. The van der Waals surface area contributed by atoms with Crippen LogP contribution in [0.4, 0.5) is 5.69 Å². The summed E-state index contributed by atoms with van der Waals surface area (Å²) < 4.78 is 11.4. The number of hydrogen-bond donors (Lipinski definition) is 0. The maximum absolute atomic E-state index is 6.11. The summed E-state index contributed by atoms with van der Waals surface area (Å²) in [7, 11) is 1.71. The summed E-state index contributed by atoms with van der Waals surface area (Å²) in [6, 6.07) is 15.2. The predicted molar refractivity (Wildman–Crippen MR) is 124 cm³/mol. The molecule has 160 valence electrons. The first-order chi connectivity index (χ1) is 13.2. The second kappa shape index (κ2) is 11.1. The molecule has 1 saturated heterocycles. The van der Waals surface area contributed by atoms with Gasteiger partial charge in [0.1, 0.15) is 5.75 Å². The number of aryl methyl sites for hydroxylation is 1. The van der Waals surface area contributed by atoms with E-state index in [2.05, 4.69) is 47.1 Å². The highest BCUT2D eigenvalue weighted by Crippen LogP contribution is 2.31. The molecule has 2 aliphatic rings. The van der Waals surface area contributed by atoms with Crippen LogP contribution in [0.15, 0.2) is 42.5 Å². The summed E-state index contributed by atoms with van der Waals surface area (Å²) in [5.41, 5.74) is 5.51. The molecule has 0 bridgehead atoms. The molecule has 1 unspecified atom stereocenters. The molecular weight excluding hydrogens is 407 g/mol. The van der Waals surface area contributed by atoms with Gasteiger partial charge in [-0.15, -0.1) is 24.8 Å². The van der Waals surface area contributed by atoms with Crippen molar-refractivity contribution >= 4 is 30.5 Å². The number of anilines is 1. The van der Waals surface area contributed by atoms with E-state index in [9.17, 15) is 0 Å². The number of piperazine rings is 1. The Kier molecular flexibility index (Phi) is 9.09. The SMILES string of the molecule is COc1ccc(N2CCN(CCC3OCCc4ccc(C)cc43)CC2)cc1.Cl.Cl. The molecule has 29 heavy (non-hydrogen) atoms. The van der Waals surface area contributed by atoms with Gasteiger partial charge >= 0.3 is 0 Å². The van der Waals surface area contributed by atoms with Crippen molar-refractivity contribution in [2.45, 2.75) is 25.9 Å². The lowest BCUT2D eigenvalue weighted by Gasteiger charge is -2.37. The van der Waals surface area contributed by atoms with Crippen LogP contribution < -0.4 is 9.64 Å². The summed E-state index contributed by atoms with van der Waals surface area (Å²) in [6.45, 7) is 8.50. The summed E-state index contributed by atoms with van der Waals surface area (Å²) in [5.74, 6) is 0.917. The Hall–Kier alpha value is -1.46. The molecule has 2 aliphatic heterocycles. The number of hydrogen-bond acceptors (Lipinski definition) is 4. The van der Waals surface area contributed by atoms with Crippen LogP contribution in [0, 0.1) is 6.92 Å². The average Bonchev–Trinajstić information content (AvgIpc) is 2.73. The first-order valence-corrected chi connectivity index (χ1v) is 10.1. The van der Waals surface area contributed by atoms with Crippen molar-refractivity contribution in [3.8, 4) is 5.75 Å². The van der Waals surface area contributed by atoms with Crippen molar-refractivity contribution in [2.75, 3.05) is 51.3 Å². The van der Waals surface area contributed by atoms with Crippen LogP contribution in [-0.2, 0) is 11.2 Å². The molecule has 2 aromatic carbocycles. The highest BCUT2D eigenvalue weighted by atomic mass is 35.5. The topological polar surface area (TPSA) is 24.9 Å². The van der Waals surface area contributed by atoms with Gasteiger partial charge in [0.2, 0.25) is 0 Å². The van der Waals surface area contributed by atoms with Crippen molar-refractivity contribution in [1.82, 2.24) is 4.90 Å². The Morgan fingerprint density at radius 3 is 2.41 bits per heavy atom. The van der Waals surface area contributed by atoms with Crippen molar-refractivity contribution in [3.05, 3.63) is 59.2 Å². The van der Waals surface area contributed by atoms with Gasteiger partial charge in [-0.3, -0.25) is 4.90 Å². The number of rotatable bonds is 5. The van der Waals surface area contributed by atoms with E-state index in [0.717, 1.165) is 57.9 Å². The van der Waals surface area contributed by atoms with Crippen LogP contribution in [-0.4, -0.2) is 51.3 Å². The van der Waals surface area contributed by atoms with Crippen LogP contribution in [0.1, 0.15) is 29.2 Å². The summed E-state index contributed by atoms with van der Waals surface area (Å²) in [4.78, 5) is 5.04. The minimum Gasteiger partial charge on any atom is -0.497 e. The molecule has 0 aliphatic carbocycles. The number of ether oxygens (including phenoxy) is 2. The second-order valence-corrected chi connectivity index (χ2v) is 7.63. The Morgan fingerprint density at radius 2 is 1.72 bits per heavy atom. The van der Waals surface area contributed by atoms with E-state index >= 15 is 0 Å². The molecule has 0 aromatic heterocycles. The van der Waals surface area contributed by atoms with Gasteiger partial charge in [-0.2, -0.15) is 0 Å². The number of nitrogens with zero attached hydrogens (tertiary/aromatic N) is 2. The van der Waals surface area contributed by atoms with E-state index in [-0.39, 0.29) is 30.9 Å². The minimum absolute atomic E-state index is 0. The Labute approximate surface area is 187 Å². The van der Waals surface area contributed by atoms with Gasteiger partial charge < -0.3 is 14.4 Å². The van der Waals surface area contributed by atoms with E-state index in [0.29, 0.717) is 0 Å². The van der Waals surface area contributed by atoms with Crippen LogP contribution in [0.2, 0.25) is 0 Å². The lowest BCUT2D eigenvalue weighted by atomic mass is 9.94. The summed E-state index contributed by atoms with van der Waals surface area (Å²) in [6.07, 6.45) is 2.39. The quantitative estimate of drug-likeness (QED) is 0.676. The number of halogens is 2. The highest BCUT2D eigenvalue weighted by Gasteiger charge is 2.23. The Morgan fingerprint density at radius 1 is 1.00 bits per heavy atom. The third kappa shape index (κ3) is 5.79. The lowest BCUT2D eigenvalue weighted by Crippen LogP contribution is -2.46. The van der Waals surface area contributed by atoms with Crippen LogP contribution in [0.3, 0.4) is 0 Å². The van der Waals surface area contributed by atoms with Crippen molar-refractivity contribution < 1.29 is 9.47 Å². The van der Waals surface area contributed by atoms with E-state index in [1.54, 1.807) is 7.11 Å². The Bertz CT molecular complexity index is 762. The molecule has 0 saturated carbocycles. The van der Waals surface area contributed by atoms with Crippen LogP contribution >= 0.6 is 24.8 Å². The molecule has 1 atom stereocenters. The molecule has 0 radical (unpaired) electrons. The highest BCUT2D eigenvalue weighted by molar-refractivity contribution is 5.85. The monoisotopic (exact) mass is 438 g/mol. The van der Waals surface area contributed by atoms with Gasteiger partial charge in [-0.05, 0) is 55.2 Å². The maximum atomic E-state index is 6.11. The summed E-state index contributed by atoms with van der Waals surface area (Å²) >= 11 is 0. The fourth-order valence-corrected chi connectivity index (χ4v) is 4.20. The molecule has 4 rings (SSSR count). The largest absolute Gasteiger partial charge is 0.497 e. The summed E-state index contributed by atoms with van der Waals surface area (Å²) in [5, 5.41) is 0. The molecule has 2 heterocycles. The fourth-order valence-electron chi connectivity index (χ4n) is 4.20. The number of fused-ring (bicyclic) bond motifs is 1. The molecule has 1 fully saturated rings. The van der Waals surface area contributed by atoms with Gasteiger partial charge in [-0.1, -0.05) is 23.8 Å². The van der Waals surface area contributed by atoms with E-state index < -0.39 is 0 Å². The number of methoxy groups -OCH3 is 1.